The van der Waals surface area contributed by atoms with Crippen molar-refractivity contribution in [2.75, 3.05) is 12.3 Å². The smallest absolute Gasteiger partial charge is 0.240 e. The van der Waals surface area contributed by atoms with Crippen molar-refractivity contribution in [3.63, 3.8) is 0 Å². The number of rotatable bonds is 4. The molecule has 2 rings (SSSR count). The summed E-state index contributed by atoms with van der Waals surface area (Å²) in [6.45, 7) is 2.58. The molecular formula is C11H16N2O2S. The highest BCUT2D eigenvalue weighted by atomic mass is 32.2. The molecule has 5 heteroatoms. The zero-order valence-electron chi connectivity index (χ0n) is 9.23. The van der Waals surface area contributed by atoms with Gasteiger partial charge in [-0.1, -0.05) is 13.0 Å². The number of nitrogen functional groups attached to an aromatic ring is 1. The molecule has 1 aliphatic carbocycles. The SMILES string of the molecule is CC1(CNS(=O)(=O)c2cccc(N)c2)CC1. The van der Waals surface area contributed by atoms with Gasteiger partial charge in [0.25, 0.3) is 0 Å². The molecule has 0 radical (unpaired) electrons. The van der Waals surface area contributed by atoms with Crippen LogP contribution in [0.2, 0.25) is 0 Å². The van der Waals surface area contributed by atoms with Gasteiger partial charge in [-0.3, -0.25) is 0 Å². The van der Waals surface area contributed by atoms with Crippen LogP contribution in [0, 0.1) is 5.41 Å². The third kappa shape index (κ3) is 2.54. The minimum atomic E-state index is -3.41. The third-order valence-electron chi connectivity index (χ3n) is 2.96. The van der Waals surface area contributed by atoms with Gasteiger partial charge < -0.3 is 5.73 Å². The highest BCUT2D eigenvalue weighted by Gasteiger charge is 2.38. The number of sulfonamides is 1. The lowest BCUT2D eigenvalue weighted by molar-refractivity contribution is 0.530. The molecule has 3 N–H and O–H groups in total. The molecule has 4 nitrogen and oxygen atoms in total. The first-order chi connectivity index (χ1) is 7.41. The van der Waals surface area contributed by atoms with Crippen LogP contribution in [0.4, 0.5) is 5.69 Å². The Labute approximate surface area is 95.9 Å². The average molecular weight is 240 g/mol. The summed E-state index contributed by atoms with van der Waals surface area (Å²) < 4.78 is 26.4. The zero-order valence-corrected chi connectivity index (χ0v) is 10.0. The van der Waals surface area contributed by atoms with Crippen LogP contribution in [0.3, 0.4) is 0 Å². The van der Waals surface area contributed by atoms with E-state index in [1.165, 1.54) is 6.07 Å². The molecule has 0 aromatic heterocycles. The number of benzene rings is 1. The molecular weight excluding hydrogens is 224 g/mol. The first kappa shape index (κ1) is 11.4. The van der Waals surface area contributed by atoms with Crippen molar-refractivity contribution >= 4 is 15.7 Å². The van der Waals surface area contributed by atoms with E-state index in [1.54, 1.807) is 18.2 Å². The Balaban J connectivity index is 2.12. The van der Waals surface area contributed by atoms with Crippen LogP contribution in [0.15, 0.2) is 29.2 Å². The lowest BCUT2D eigenvalue weighted by Crippen LogP contribution is -2.29. The van der Waals surface area contributed by atoms with Gasteiger partial charge in [-0.25, -0.2) is 13.1 Å². The monoisotopic (exact) mass is 240 g/mol. The number of anilines is 1. The van der Waals surface area contributed by atoms with Crippen LogP contribution in [-0.2, 0) is 10.0 Å². The van der Waals surface area contributed by atoms with Gasteiger partial charge in [0.15, 0.2) is 0 Å². The molecule has 1 aromatic rings. The van der Waals surface area contributed by atoms with Crippen molar-refractivity contribution < 1.29 is 8.42 Å². The van der Waals surface area contributed by atoms with Crippen molar-refractivity contribution in [3.8, 4) is 0 Å². The average Bonchev–Trinajstić information content (AvgIpc) is 2.95. The van der Waals surface area contributed by atoms with Gasteiger partial charge in [-0.2, -0.15) is 0 Å². The summed E-state index contributed by atoms with van der Waals surface area (Å²) in [4.78, 5) is 0.233. The molecule has 0 bridgehead atoms. The van der Waals surface area contributed by atoms with Crippen LogP contribution in [0.5, 0.6) is 0 Å². The topological polar surface area (TPSA) is 72.2 Å². The molecule has 16 heavy (non-hydrogen) atoms. The molecule has 0 spiro atoms. The van der Waals surface area contributed by atoms with Gasteiger partial charge >= 0.3 is 0 Å². The van der Waals surface area contributed by atoms with Crippen LogP contribution < -0.4 is 10.5 Å². The largest absolute Gasteiger partial charge is 0.399 e. The minimum Gasteiger partial charge on any atom is -0.399 e. The third-order valence-corrected chi connectivity index (χ3v) is 4.36. The first-order valence-corrected chi connectivity index (χ1v) is 6.75. The first-order valence-electron chi connectivity index (χ1n) is 5.27. The second-order valence-corrected chi connectivity index (χ2v) is 6.47. The van der Waals surface area contributed by atoms with Crippen molar-refractivity contribution in [1.29, 1.82) is 0 Å². The Bertz CT molecular complexity index is 492. The van der Waals surface area contributed by atoms with Gasteiger partial charge in [0.2, 0.25) is 10.0 Å². The van der Waals surface area contributed by atoms with Crippen molar-refractivity contribution in [2.24, 2.45) is 5.41 Å². The normalized spacial score (nSPS) is 18.3. The fourth-order valence-electron chi connectivity index (χ4n) is 1.42. The number of hydrogen-bond acceptors (Lipinski definition) is 3. The number of hydrogen-bond donors (Lipinski definition) is 2. The summed E-state index contributed by atoms with van der Waals surface area (Å²) in [7, 11) is -3.41. The van der Waals surface area contributed by atoms with E-state index >= 15 is 0 Å². The van der Waals surface area contributed by atoms with Gasteiger partial charge in [0, 0.05) is 12.2 Å². The highest BCUT2D eigenvalue weighted by Crippen LogP contribution is 2.44. The summed E-state index contributed by atoms with van der Waals surface area (Å²) in [5, 5.41) is 0. The van der Waals surface area contributed by atoms with Gasteiger partial charge in [0.05, 0.1) is 4.90 Å². The van der Waals surface area contributed by atoms with Gasteiger partial charge in [-0.05, 0) is 36.5 Å². The molecule has 0 aliphatic heterocycles. The maximum Gasteiger partial charge on any atom is 0.240 e. The van der Waals surface area contributed by atoms with Gasteiger partial charge in [-0.15, -0.1) is 0 Å². The molecule has 0 atom stereocenters. The zero-order chi connectivity index (χ0) is 11.8. The van der Waals surface area contributed by atoms with E-state index in [2.05, 4.69) is 11.6 Å². The predicted molar refractivity (Wildman–Crippen MR) is 63.4 cm³/mol. The lowest BCUT2D eigenvalue weighted by Gasteiger charge is -2.11. The summed E-state index contributed by atoms with van der Waals surface area (Å²) in [6.07, 6.45) is 2.18. The number of nitrogens with one attached hydrogen (secondary N) is 1. The van der Waals surface area contributed by atoms with E-state index in [0.717, 1.165) is 12.8 Å². The molecule has 0 amide bonds. The Morgan fingerprint density at radius 2 is 2.12 bits per heavy atom. The van der Waals surface area contributed by atoms with Crippen molar-refractivity contribution in [3.05, 3.63) is 24.3 Å². The van der Waals surface area contributed by atoms with Crippen LogP contribution in [0.1, 0.15) is 19.8 Å². The van der Waals surface area contributed by atoms with E-state index in [9.17, 15) is 8.42 Å². The van der Waals surface area contributed by atoms with Crippen LogP contribution >= 0.6 is 0 Å². The van der Waals surface area contributed by atoms with E-state index in [1.807, 2.05) is 0 Å². The molecule has 1 saturated carbocycles. The van der Waals surface area contributed by atoms with Crippen LogP contribution in [0.25, 0.3) is 0 Å². The Hall–Kier alpha value is -1.07. The van der Waals surface area contributed by atoms with E-state index in [4.69, 9.17) is 5.73 Å². The maximum atomic E-state index is 11.9. The molecule has 0 unspecified atom stereocenters. The maximum absolute atomic E-state index is 11.9. The second-order valence-electron chi connectivity index (χ2n) is 4.71. The fourth-order valence-corrected chi connectivity index (χ4v) is 2.68. The highest BCUT2D eigenvalue weighted by molar-refractivity contribution is 7.89. The summed E-state index contributed by atoms with van der Waals surface area (Å²) in [5.41, 5.74) is 6.18. The standard InChI is InChI=1S/C11H16N2O2S/c1-11(5-6-11)8-13-16(14,15)10-4-2-3-9(12)7-10/h2-4,7,13H,5-6,8,12H2,1H3. The molecule has 0 saturated heterocycles. The van der Waals surface area contributed by atoms with Crippen LogP contribution in [-0.4, -0.2) is 15.0 Å². The summed E-state index contributed by atoms with van der Waals surface area (Å²) in [6, 6.07) is 6.33. The Kier molecular flexibility index (Phi) is 2.67. The van der Waals surface area contributed by atoms with Gasteiger partial charge in [0.1, 0.15) is 0 Å². The van der Waals surface area contributed by atoms with Crippen molar-refractivity contribution in [1.82, 2.24) is 4.72 Å². The van der Waals surface area contributed by atoms with E-state index in [0.29, 0.717) is 12.2 Å². The Morgan fingerprint density at radius 1 is 1.44 bits per heavy atom. The van der Waals surface area contributed by atoms with E-state index in [-0.39, 0.29) is 10.3 Å². The Morgan fingerprint density at radius 3 is 2.69 bits per heavy atom. The predicted octanol–water partition coefficient (Wildman–Crippen LogP) is 1.35. The quantitative estimate of drug-likeness (QED) is 0.780. The number of nitrogens with two attached hydrogens (primary N) is 1. The molecule has 1 fully saturated rings. The lowest BCUT2D eigenvalue weighted by atomic mass is 10.2. The molecule has 1 aromatic carbocycles. The molecule has 1 aliphatic rings. The summed E-state index contributed by atoms with van der Waals surface area (Å²) >= 11 is 0. The molecule has 0 heterocycles. The second kappa shape index (κ2) is 3.75. The minimum absolute atomic E-state index is 0.160. The van der Waals surface area contributed by atoms with E-state index < -0.39 is 10.0 Å². The summed E-state index contributed by atoms with van der Waals surface area (Å²) in [5.74, 6) is 0. The fraction of sp³-hybridized carbons (Fsp3) is 0.455. The molecule has 88 valence electrons. The van der Waals surface area contributed by atoms with Crippen molar-refractivity contribution in [2.45, 2.75) is 24.7 Å².